The van der Waals surface area contributed by atoms with Gasteiger partial charge >= 0.3 is 23.9 Å². The Balaban J connectivity index is 3.28. The Morgan fingerprint density at radius 3 is 1.77 bits per heavy atom. The third-order valence-corrected chi connectivity index (χ3v) is 3.72. The molecule has 0 amide bonds. The fourth-order valence-corrected chi connectivity index (χ4v) is 2.87. The van der Waals surface area contributed by atoms with Crippen LogP contribution in [0.1, 0.15) is 27.7 Å². The van der Waals surface area contributed by atoms with Crippen LogP contribution in [0.3, 0.4) is 0 Å². The van der Waals surface area contributed by atoms with Crippen LogP contribution >= 0.6 is 11.8 Å². The molecule has 0 N–H and O–H groups in total. The number of rotatable bonds is 6. The molecule has 0 unspecified atom stereocenters. The number of esters is 4. The van der Waals surface area contributed by atoms with Gasteiger partial charge in [0.05, 0.1) is 0 Å². The van der Waals surface area contributed by atoms with Crippen LogP contribution < -0.4 is 0 Å². The van der Waals surface area contributed by atoms with Gasteiger partial charge in [-0.3, -0.25) is 19.2 Å². The number of thioether (sulfide) groups is 1. The number of hydrogen-bond acceptors (Lipinski definition) is 11. The average Bonchev–Trinajstić information content (AvgIpc) is 2.49. The Bertz CT molecular complexity index is 602. The second-order valence-electron chi connectivity index (χ2n) is 5.28. The van der Waals surface area contributed by atoms with Crippen molar-refractivity contribution in [2.45, 2.75) is 58.4 Å². The summed E-state index contributed by atoms with van der Waals surface area (Å²) in [7, 11) is 0. The van der Waals surface area contributed by atoms with E-state index in [1.54, 1.807) is 0 Å². The molecule has 10 nitrogen and oxygen atoms in total. The van der Waals surface area contributed by atoms with Crippen molar-refractivity contribution < 1.29 is 42.9 Å². The summed E-state index contributed by atoms with van der Waals surface area (Å²) < 4.78 is 26.1. The lowest BCUT2D eigenvalue weighted by Gasteiger charge is -2.43. The van der Waals surface area contributed by atoms with Crippen molar-refractivity contribution in [1.29, 1.82) is 5.26 Å². The van der Waals surface area contributed by atoms with Gasteiger partial charge in [0.2, 0.25) is 12.4 Å². The molecular weight excluding hydrogens is 370 g/mol. The van der Waals surface area contributed by atoms with E-state index in [4.69, 9.17) is 28.9 Å². The molecule has 0 saturated carbocycles. The molecule has 1 rings (SSSR count). The number of hydrogen-bond donors (Lipinski definition) is 0. The summed E-state index contributed by atoms with van der Waals surface area (Å²) in [5.74, 6) is -2.89. The van der Waals surface area contributed by atoms with E-state index >= 15 is 0 Å². The Kier molecular flexibility index (Phi) is 8.34. The quantitative estimate of drug-likeness (QED) is 0.352. The number of carbonyl (C=O) groups is 4. The van der Waals surface area contributed by atoms with Crippen molar-refractivity contribution in [3.8, 4) is 5.40 Å². The minimum absolute atomic E-state index is 0.0246. The molecule has 0 spiro atoms. The van der Waals surface area contributed by atoms with Gasteiger partial charge < -0.3 is 23.7 Å². The second-order valence-corrected chi connectivity index (χ2v) is 6.08. The summed E-state index contributed by atoms with van der Waals surface area (Å²) in [6, 6.07) is 0. The molecule has 1 heterocycles. The van der Waals surface area contributed by atoms with E-state index in [1.165, 1.54) is 0 Å². The molecule has 1 aliphatic rings. The number of ether oxygens (including phenoxy) is 5. The second kappa shape index (κ2) is 9.98. The topological polar surface area (TPSA) is 138 Å². The lowest BCUT2D eigenvalue weighted by Crippen LogP contribution is -2.62. The van der Waals surface area contributed by atoms with Gasteiger partial charge in [0.15, 0.2) is 12.2 Å². The van der Waals surface area contributed by atoms with Gasteiger partial charge in [-0.25, -0.2) is 0 Å². The van der Waals surface area contributed by atoms with Gasteiger partial charge in [0.25, 0.3) is 0 Å². The molecule has 5 atom stereocenters. The summed E-state index contributed by atoms with van der Waals surface area (Å²) in [6.45, 7) is 4.48. The van der Waals surface area contributed by atoms with Crippen molar-refractivity contribution >= 4 is 35.6 Å². The molecule has 1 saturated heterocycles. The number of carbonyl (C=O) groups excluding carboxylic acids is 4. The average molecular weight is 389 g/mol. The fraction of sp³-hybridized carbons (Fsp3) is 0.667. The maximum absolute atomic E-state index is 11.5. The zero-order chi connectivity index (χ0) is 19.9. The Labute approximate surface area is 154 Å². The molecule has 0 aromatic rings. The number of nitriles is 1. The van der Waals surface area contributed by atoms with E-state index in [0.717, 1.165) is 39.5 Å². The molecule has 1 fully saturated rings. The van der Waals surface area contributed by atoms with E-state index in [-0.39, 0.29) is 5.75 Å². The van der Waals surface area contributed by atoms with Gasteiger partial charge in [-0.1, -0.05) is 0 Å². The summed E-state index contributed by atoms with van der Waals surface area (Å²) in [4.78, 5) is 45.8. The number of thiocyanates is 1. The van der Waals surface area contributed by atoms with Crippen LogP contribution in [-0.4, -0.2) is 60.3 Å². The third-order valence-electron chi connectivity index (χ3n) is 3.09. The molecule has 0 aromatic heterocycles. The SMILES string of the molecule is CC(=O)O[C@@H]1O[C@H](CSC#N)[C@@H](OC(C)=O)[C@H](OC(C)=O)[C@H]1OC(C)=O. The molecule has 11 heteroatoms. The highest BCUT2D eigenvalue weighted by atomic mass is 32.2. The molecule has 144 valence electrons. The normalized spacial score (nSPS) is 27.6. The van der Waals surface area contributed by atoms with Crippen molar-refractivity contribution in [2.24, 2.45) is 0 Å². The summed E-state index contributed by atoms with van der Waals surface area (Å²) in [5.41, 5.74) is 0. The molecule has 0 radical (unpaired) electrons. The highest BCUT2D eigenvalue weighted by Crippen LogP contribution is 2.31. The highest BCUT2D eigenvalue weighted by Gasteiger charge is 2.53. The molecule has 0 aliphatic carbocycles. The van der Waals surface area contributed by atoms with Crippen molar-refractivity contribution in [3.63, 3.8) is 0 Å². The minimum atomic E-state index is -1.41. The van der Waals surface area contributed by atoms with Gasteiger partial charge in [0, 0.05) is 33.4 Å². The van der Waals surface area contributed by atoms with E-state index in [1.807, 2.05) is 5.40 Å². The largest absolute Gasteiger partial charge is 0.456 e. The summed E-state index contributed by atoms with van der Waals surface area (Å²) >= 11 is 0.803. The van der Waals surface area contributed by atoms with Gasteiger partial charge in [0.1, 0.15) is 11.5 Å². The molecular formula is C15H19NO9S. The standard InChI is InChI=1S/C15H19NO9S/c1-7(17)21-12-11(5-26-6-16)25-15(24-10(4)20)14(23-9(3)19)13(12)22-8(2)18/h11-15H,5H2,1-4H3/t11-,12-,13+,14-,15-/m1/s1. The zero-order valence-corrected chi connectivity index (χ0v) is 15.4. The van der Waals surface area contributed by atoms with Crippen molar-refractivity contribution in [2.75, 3.05) is 5.75 Å². The van der Waals surface area contributed by atoms with Crippen LogP contribution in [0.2, 0.25) is 0 Å². The van der Waals surface area contributed by atoms with Crippen molar-refractivity contribution in [1.82, 2.24) is 0 Å². The lowest BCUT2D eigenvalue weighted by molar-refractivity contribution is -0.291. The first-order chi connectivity index (χ1) is 12.1. The van der Waals surface area contributed by atoms with Gasteiger partial charge in [-0.15, -0.1) is 0 Å². The van der Waals surface area contributed by atoms with Crippen LogP contribution in [0.4, 0.5) is 0 Å². The minimum Gasteiger partial charge on any atom is -0.456 e. The Hall–Kier alpha value is -2.32. The maximum Gasteiger partial charge on any atom is 0.305 e. The van der Waals surface area contributed by atoms with Crippen LogP contribution in [0.5, 0.6) is 0 Å². The monoisotopic (exact) mass is 389 g/mol. The summed E-state index contributed by atoms with van der Waals surface area (Å²) in [6.07, 6.45) is -6.18. The highest BCUT2D eigenvalue weighted by molar-refractivity contribution is 8.03. The van der Waals surface area contributed by atoms with Crippen molar-refractivity contribution in [3.05, 3.63) is 0 Å². The molecule has 0 bridgehead atoms. The van der Waals surface area contributed by atoms with Gasteiger partial charge in [-0.05, 0) is 11.8 Å². The number of nitrogens with zero attached hydrogens (tertiary/aromatic N) is 1. The maximum atomic E-state index is 11.5. The van der Waals surface area contributed by atoms with Crippen LogP contribution in [-0.2, 0) is 42.9 Å². The Morgan fingerprint density at radius 1 is 0.846 bits per heavy atom. The van der Waals surface area contributed by atoms with Crippen LogP contribution in [0.15, 0.2) is 0 Å². The van der Waals surface area contributed by atoms with E-state index in [0.29, 0.717) is 0 Å². The first kappa shape index (κ1) is 21.7. The zero-order valence-electron chi connectivity index (χ0n) is 14.6. The molecule has 26 heavy (non-hydrogen) atoms. The fourth-order valence-electron chi connectivity index (χ4n) is 2.37. The summed E-state index contributed by atoms with van der Waals surface area (Å²) in [5, 5.41) is 10.6. The smallest absolute Gasteiger partial charge is 0.305 e. The van der Waals surface area contributed by atoms with Crippen LogP contribution in [0, 0.1) is 10.7 Å². The third kappa shape index (κ3) is 6.53. The lowest BCUT2D eigenvalue weighted by atomic mass is 9.98. The Morgan fingerprint density at radius 2 is 1.31 bits per heavy atom. The predicted octanol–water partition coefficient (Wildman–Crippen LogP) is 0.284. The van der Waals surface area contributed by atoms with E-state index in [2.05, 4.69) is 0 Å². The first-order valence-electron chi connectivity index (χ1n) is 7.51. The predicted molar refractivity (Wildman–Crippen MR) is 85.2 cm³/mol. The molecule has 1 aliphatic heterocycles. The van der Waals surface area contributed by atoms with Gasteiger partial charge in [-0.2, -0.15) is 5.26 Å². The van der Waals surface area contributed by atoms with E-state index < -0.39 is 54.6 Å². The van der Waals surface area contributed by atoms with E-state index in [9.17, 15) is 19.2 Å². The molecule has 0 aromatic carbocycles. The van der Waals surface area contributed by atoms with Crippen LogP contribution in [0.25, 0.3) is 0 Å². The first-order valence-corrected chi connectivity index (χ1v) is 8.49.